The quantitative estimate of drug-likeness (QED) is 0.775. The van der Waals surface area contributed by atoms with Gasteiger partial charge in [0, 0.05) is 14.1 Å². The minimum atomic E-state index is -0.0869. The van der Waals surface area contributed by atoms with Crippen LogP contribution in [0.1, 0.15) is 22.3 Å². The van der Waals surface area contributed by atoms with Gasteiger partial charge in [-0.25, -0.2) is 4.79 Å². The van der Waals surface area contributed by atoms with E-state index in [1.54, 1.807) is 19.0 Å². The van der Waals surface area contributed by atoms with E-state index in [0.717, 1.165) is 16.8 Å². The first-order valence-electron chi connectivity index (χ1n) is 5.43. The van der Waals surface area contributed by atoms with Gasteiger partial charge in [0.25, 0.3) is 0 Å². The van der Waals surface area contributed by atoms with Gasteiger partial charge in [-0.05, 0) is 49.9 Å². The van der Waals surface area contributed by atoms with Gasteiger partial charge in [-0.15, -0.1) is 0 Å². The maximum atomic E-state index is 11.7. The summed E-state index contributed by atoms with van der Waals surface area (Å²) in [5.41, 5.74) is 5.77. The van der Waals surface area contributed by atoms with E-state index in [9.17, 15) is 4.79 Å². The summed E-state index contributed by atoms with van der Waals surface area (Å²) in [6.45, 7) is 8.25. The number of carbonyl (C=O) groups is 1. The predicted octanol–water partition coefficient (Wildman–Crippen LogP) is 2.70. The van der Waals surface area contributed by atoms with Crippen LogP contribution in [0.2, 0.25) is 0 Å². The van der Waals surface area contributed by atoms with Gasteiger partial charge in [0.15, 0.2) is 0 Å². The fourth-order valence-electron chi connectivity index (χ4n) is 1.97. The lowest BCUT2D eigenvalue weighted by Gasteiger charge is -2.23. The van der Waals surface area contributed by atoms with Gasteiger partial charge in [-0.1, -0.05) is 6.07 Å². The van der Waals surface area contributed by atoms with E-state index >= 15 is 0 Å². The van der Waals surface area contributed by atoms with Crippen LogP contribution in [0.15, 0.2) is 6.07 Å². The summed E-state index contributed by atoms with van der Waals surface area (Å²) in [6, 6.07) is 2.07. The standard InChI is InChI=1S/C13H20N2O/c1-8-7-9(2)11(4)12(10(8)3)15(6)13(16)14-5/h7H,1-6H3,(H,14,16). The van der Waals surface area contributed by atoms with E-state index in [4.69, 9.17) is 0 Å². The molecule has 0 saturated carbocycles. The number of aryl methyl sites for hydroxylation is 2. The normalized spacial score (nSPS) is 10.1. The number of amides is 2. The molecule has 0 spiro atoms. The molecule has 0 saturated heterocycles. The van der Waals surface area contributed by atoms with Crippen molar-refractivity contribution in [3.8, 4) is 0 Å². The van der Waals surface area contributed by atoms with Gasteiger partial charge in [-0.3, -0.25) is 4.90 Å². The first-order valence-corrected chi connectivity index (χ1v) is 5.43. The molecular weight excluding hydrogens is 200 g/mol. The Morgan fingerprint density at radius 1 is 1.12 bits per heavy atom. The number of anilines is 1. The molecule has 0 radical (unpaired) electrons. The van der Waals surface area contributed by atoms with Gasteiger partial charge in [0.2, 0.25) is 0 Å². The molecule has 3 heteroatoms. The predicted molar refractivity (Wildman–Crippen MR) is 68.2 cm³/mol. The molecule has 0 aliphatic heterocycles. The minimum Gasteiger partial charge on any atom is -0.341 e. The van der Waals surface area contributed by atoms with E-state index in [-0.39, 0.29) is 6.03 Å². The summed E-state index contributed by atoms with van der Waals surface area (Å²) < 4.78 is 0. The molecular formula is C13H20N2O. The lowest BCUT2D eigenvalue weighted by atomic mass is 9.98. The molecule has 1 aromatic carbocycles. The van der Waals surface area contributed by atoms with E-state index in [0.29, 0.717) is 0 Å². The summed E-state index contributed by atoms with van der Waals surface area (Å²) >= 11 is 0. The largest absolute Gasteiger partial charge is 0.341 e. The molecule has 16 heavy (non-hydrogen) atoms. The molecule has 0 bridgehead atoms. The molecule has 0 aromatic heterocycles. The van der Waals surface area contributed by atoms with Gasteiger partial charge >= 0.3 is 6.03 Å². The highest BCUT2D eigenvalue weighted by molar-refractivity contribution is 5.93. The minimum absolute atomic E-state index is 0.0869. The Morgan fingerprint density at radius 2 is 1.56 bits per heavy atom. The maximum absolute atomic E-state index is 11.7. The number of rotatable bonds is 1. The number of hydrogen-bond donors (Lipinski definition) is 1. The number of nitrogens with zero attached hydrogens (tertiary/aromatic N) is 1. The number of urea groups is 1. The molecule has 1 N–H and O–H groups in total. The summed E-state index contributed by atoms with van der Waals surface area (Å²) in [6.07, 6.45) is 0. The number of benzene rings is 1. The number of carbonyl (C=O) groups excluding carboxylic acids is 1. The fraction of sp³-hybridized carbons (Fsp3) is 0.462. The molecule has 0 fully saturated rings. The van der Waals surface area contributed by atoms with Crippen LogP contribution in [0.4, 0.5) is 10.5 Å². The van der Waals surface area contributed by atoms with E-state index in [1.807, 2.05) is 0 Å². The number of nitrogens with one attached hydrogen (secondary N) is 1. The van der Waals surface area contributed by atoms with E-state index < -0.39 is 0 Å². The van der Waals surface area contributed by atoms with E-state index in [2.05, 4.69) is 39.1 Å². The second-order valence-corrected chi connectivity index (χ2v) is 4.22. The smallest absolute Gasteiger partial charge is 0.321 e. The van der Waals surface area contributed by atoms with Crippen molar-refractivity contribution in [1.29, 1.82) is 0 Å². The van der Waals surface area contributed by atoms with Crippen molar-refractivity contribution in [2.24, 2.45) is 0 Å². The van der Waals surface area contributed by atoms with Crippen LogP contribution in [-0.2, 0) is 0 Å². The Labute approximate surface area is 97.5 Å². The Balaban J connectivity index is 3.37. The van der Waals surface area contributed by atoms with Crippen molar-refractivity contribution >= 4 is 11.7 Å². The molecule has 0 unspecified atom stereocenters. The second-order valence-electron chi connectivity index (χ2n) is 4.22. The van der Waals surface area contributed by atoms with E-state index in [1.165, 1.54) is 11.1 Å². The molecule has 0 aliphatic carbocycles. The van der Waals surface area contributed by atoms with Crippen LogP contribution >= 0.6 is 0 Å². The first kappa shape index (κ1) is 12.6. The first-order chi connectivity index (χ1) is 7.40. The third-order valence-corrected chi connectivity index (χ3v) is 3.18. The zero-order valence-electron chi connectivity index (χ0n) is 10.9. The molecule has 0 atom stereocenters. The molecule has 1 rings (SSSR count). The van der Waals surface area contributed by atoms with Crippen molar-refractivity contribution in [3.63, 3.8) is 0 Å². The fourth-order valence-corrected chi connectivity index (χ4v) is 1.97. The van der Waals surface area contributed by atoms with Crippen molar-refractivity contribution < 1.29 is 4.79 Å². The van der Waals surface area contributed by atoms with Gasteiger partial charge in [0.05, 0.1) is 5.69 Å². The van der Waals surface area contributed by atoms with Crippen LogP contribution in [0.5, 0.6) is 0 Å². The third-order valence-electron chi connectivity index (χ3n) is 3.18. The lowest BCUT2D eigenvalue weighted by Crippen LogP contribution is -2.35. The van der Waals surface area contributed by atoms with Crippen molar-refractivity contribution in [3.05, 3.63) is 28.3 Å². The van der Waals surface area contributed by atoms with Crippen molar-refractivity contribution in [2.45, 2.75) is 27.7 Å². The third kappa shape index (κ3) is 2.03. The zero-order chi connectivity index (χ0) is 12.5. The van der Waals surface area contributed by atoms with Crippen LogP contribution < -0.4 is 10.2 Å². The average Bonchev–Trinajstić information content (AvgIpc) is 2.25. The van der Waals surface area contributed by atoms with Crippen LogP contribution in [0.25, 0.3) is 0 Å². The van der Waals surface area contributed by atoms with Crippen LogP contribution in [-0.4, -0.2) is 20.1 Å². The Bertz CT molecular complexity index is 398. The Hall–Kier alpha value is -1.51. The summed E-state index contributed by atoms with van der Waals surface area (Å²) in [5, 5.41) is 2.64. The van der Waals surface area contributed by atoms with Gasteiger partial charge < -0.3 is 5.32 Å². The Kier molecular flexibility index (Phi) is 3.58. The highest BCUT2D eigenvalue weighted by Gasteiger charge is 2.16. The van der Waals surface area contributed by atoms with Crippen LogP contribution in [0.3, 0.4) is 0 Å². The average molecular weight is 220 g/mol. The molecule has 2 amide bonds. The monoisotopic (exact) mass is 220 g/mol. The molecule has 88 valence electrons. The molecule has 3 nitrogen and oxygen atoms in total. The van der Waals surface area contributed by atoms with Crippen LogP contribution in [0, 0.1) is 27.7 Å². The van der Waals surface area contributed by atoms with Crippen molar-refractivity contribution in [1.82, 2.24) is 5.32 Å². The summed E-state index contributed by atoms with van der Waals surface area (Å²) in [7, 11) is 3.44. The lowest BCUT2D eigenvalue weighted by molar-refractivity contribution is 0.249. The highest BCUT2D eigenvalue weighted by Crippen LogP contribution is 2.29. The topological polar surface area (TPSA) is 32.3 Å². The van der Waals surface area contributed by atoms with Gasteiger partial charge in [0.1, 0.15) is 0 Å². The zero-order valence-corrected chi connectivity index (χ0v) is 10.9. The Morgan fingerprint density at radius 3 is 1.94 bits per heavy atom. The SMILES string of the molecule is CNC(=O)N(C)c1c(C)c(C)cc(C)c1C. The molecule has 1 aromatic rings. The molecule has 0 aliphatic rings. The summed E-state index contributed by atoms with van der Waals surface area (Å²) in [5.74, 6) is 0. The maximum Gasteiger partial charge on any atom is 0.321 e. The number of hydrogen-bond acceptors (Lipinski definition) is 1. The van der Waals surface area contributed by atoms with Crippen molar-refractivity contribution in [2.75, 3.05) is 19.0 Å². The highest BCUT2D eigenvalue weighted by atomic mass is 16.2. The molecule has 0 heterocycles. The van der Waals surface area contributed by atoms with Gasteiger partial charge in [-0.2, -0.15) is 0 Å². The summed E-state index contributed by atoms with van der Waals surface area (Å²) in [4.78, 5) is 13.3. The second kappa shape index (κ2) is 4.56.